The quantitative estimate of drug-likeness (QED) is 0.438. The molecule has 0 aliphatic carbocycles. The molecule has 0 spiro atoms. The Morgan fingerprint density at radius 1 is 1.10 bits per heavy atom. The first kappa shape index (κ1) is 20.3. The molecule has 154 valence electrons. The van der Waals surface area contributed by atoms with Gasteiger partial charge in [0.15, 0.2) is 17.5 Å². The molecule has 2 aromatic carbocycles. The summed E-state index contributed by atoms with van der Waals surface area (Å²) in [5, 5.41) is 16.5. The van der Waals surface area contributed by atoms with Gasteiger partial charge >= 0.3 is 0 Å². The Bertz CT molecular complexity index is 1170. The van der Waals surface area contributed by atoms with Crippen LogP contribution >= 0.6 is 11.3 Å². The zero-order chi connectivity index (χ0) is 21.1. The summed E-state index contributed by atoms with van der Waals surface area (Å²) in [6, 6.07) is 13.2. The fraction of sp³-hybridized carbons (Fsp3) is 0.182. The third kappa shape index (κ3) is 4.16. The summed E-state index contributed by atoms with van der Waals surface area (Å²) < 4.78 is 31.9. The number of aromatic nitrogens is 2. The molecular weight excluding hydrogens is 408 g/mol. The van der Waals surface area contributed by atoms with E-state index in [9.17, 15) is 13.9 Å². The van der Waals surface area contributed by atoms with Crippen molar-refractivity contribution >= 4 is 27.4 Å². The number of hydrogen-bond donors (Lipinski definition) is 2. The van der Waals surface area contributed by atoms with Crippen molar-refractivity contribution in [3.63, 3.8) is 0 Å². The minimum absolute atomic E-state index is 0.0632. The van der Waals surface area contributed by atoms with Crippen LogP contribution < -0.4 is 5.32 Å². The summed E-state index contributed by atoms with van der Waals surface area (Å²) in [5.41, 5.74) is 2.28. The van der Waals surface area contributed by atoms with E-state index in [1.165, 1.54) is 17.4 Å². The maximum Gasteiger partial charge on any atom is 0.159 e. The molecule has 0 fully saturated rings. The fourth-order valence-corrected chi connectivity index (χ4v) is 4.13. The predicted molar refractivity (Wildman–Crippen MR) is 113 cm³/mol. The van der Waals surface area contributed by atoms with E-state index in [4.69, 9.17) is 4.74 Å². The first-order valence-electron chi connectivity index (χ1n) is 9.26. The number of nitrogens with zero attached hydrogens (tertiary/aromatic N) is 2. The van der Waals surface area contributed by atoms with Crippen LogP contribution in [0.5, 0.6) is 0 Å². The smallest absolute Gasteiger partial charge is 0.159 e. The minimum atomic E-state index is -1.05. The third-order valence-electron chi connectivity index (χ3n) is 4.63. The van der Waals surface area contributed by atoms with Crippen LogP contribution in [0.3, 0.4) is 0 Å². The minimum Gasteiger partial charge on any atom is -0.387 e. The number of methoxy groups -OCH3 is 1. The van der Waals surface area contributed by atoms with Gasteiger partial charge in [0, 0.05) is 24.6 Å². The molecule has 5 nitrogen and oxygen atoms in total. The second kappa shape index (κ2) is 8.83. The van der Waals surface area contributed by atoms with Crippen molar-refractivity contribution < 1.29 is 18.6 Å². The summed E-state index contributed by atoms with van der Waals surface area (Å²) in [7, 11) is 1.57. The average Bonchev–Trinajstić information content (AvgIpc) is 3.19. The van der Waals surface area contributed by atoms with Crippen LogP contribution in [0.2, 0.25) is 0 Å². The number of rotatable bonds is 7. The summed E-state index contributed by atoms with van der Waals surface area (Å²) in [5.74, 6) is -0.890. The van der Waals surface area contributed by atoms with Crippen molar-refractivity contribution in [1.29, 1.82) is 0 Å². The molecule has 8 heteroatoms. The molecule has 4 aromatic rings. The highest BCUT2D eigenvalue weighted by molar-refractivity contribution is 7.17. The monoisotopic (exact) mass is 427 g/mol. The van der Waals surface area contributed by atoms with Crippen LogP contribution in [0.15, 0.2) is 53.9 Å². The predicted octanol–water partition coefficient (Wildman–Crippen LogP) is 4.93. The standard InChI is InChI=1S/C22H19F2N3O2S/c1-29-11-19-26-21(25-10-18(28)14-7-8-16(23)17(24)9-14)20-15(12-30-22(20)27-19)13-5-3-2-4-6-13/h2-9,12,18,28H,10-11H2,1H3,(H,25,26,27). The van der Waals surface area contributed by atoms with Gasteiger partial charge in [-0.15, -0.1) is 11.3 Å². The highest BCUT2D eigenvalue weighted by Gasteiger charge is 2.17. The maximum atomic E-state index is 13.5. The fourth-order valence-electron chi connectivity index (χ4n) is 3.17. The molecule has 1 unspecified atom stereocenters. The molecule has 2 N–H and O–H groups in total. The second-order valence-electron chi connectivity index (χ2n) is 6.69. The van der Waals surface area contributed by atoms with Gasteiger partial charge in [0.1, 0.15) is 17.3 Å². The molecule has 2 aromatic heterocycles. The zero-order valence-electron chi connectivity index (χ0n) is 16.1. The van der Waals surface area contributed by atoms with Gasteiger partial charge in [0.05, 0.1) is 11.5 Å². The first-order valence-corrected chi connectivity index (χ1v) is 10.1. The maximum absolute atomic E-state index is 13.5. The summed E-state index contributed by atoms with van der Waals surface area (Å²) in [4.78, 5) is 9.92. The van der Waals surface area contributed by atoms with Crippen LogP contribution in [0.25, 0.3) is 21.3 Å². The van der Waals surface area contributed by atoms with Crippen LogP contribution in [0.1, 0.15) is 17.5 Å². The zero-order valence-corrected chi connectivity index (χ0v) is 16.9. The van der Waals surface area contributed by atoms with E-state index in [1.54, 1.807) is 7.11 Å². The van der Waals surface area contributed by atoms with Crippen LogP contribution in [-0.2, 0) is 11.3 Å². The molecule has 0 saturated heterocycles. The molecule has 0 amide bonds. The van der Waals surface area contributed by atoms with E-state index in [-0.39, 0.29) is 18.7 Å². The number of aliphatic hydroxyl groups is 1. The first-order chi connectivity index (χ1) is 14.6. The molecule has 0 aliphatic rings. The summed E-state index contributed by atoms with van der Waals surface area (Å²) >= 11 is 1.50. The van der Waals surface area contributed by atoms with Gasteiger partial charge in [-0.1, -0.05) is 36.4 Å². The Labute approximate surface area is 176 Å². The normalized spacial score (nSPS) is 12.3. The lowest BCUT2D eigenvalue weighted by atomic mass is 10.1. The highest BCUT2D eigenvalue weighted by Crippen LogP contribution is 2.37. The van der Waals surface area contributed by atoms with Gasteiger partial charge in [-0.3, -0.25) is 0 Å². The van der Waals surface area contributed by atoms with Crippen molar-refractivity contribution in [2.75, 3.05) is 19.0 Å². The molecular formula is C22H19F2N3O2S. The lowest BCUT2D eigenvalue weighted by molar-refractivity contribution is 0.178. The Balaban J connectivity index is 1.68. The summed E-state index contributed by atoms with van der Waals surface area (Å²) in [6.45, 7) is 0.308. The molecule has 0 radical (unpaired) electrons. The Hall–Kier alpha value is -2.94. The Morgan fingerprint density at radius 2 is 1.90 bits per heavy atom. The van der Waals surface area contributed by atoms with Crippen LogP contribution in [-0.4, -0.2) is 28.7 Å². The van der Waals surface area contributed by atoms with E-state index in [0.29, 0.717) is 11.6 Å². The van der Waals surface area contributed by atoms with Crippen molar-refractivity contribution in [3.8, 4) is 11.1 Å². The number of aliphatic hydroxyl groups excluding tert-OH is 1. The Kier molecular flexibility index (Phi) is 5.98. The third-order valence-corrected chi connectivity index (χ3v) is 5.50. The topological polar surface area (TPSA) is 67.3 Å². The largest absolute Gasteiger partial charge is 0.387 e. The number of benzene rings is 2. The van der Waals surface area contributed by atoms with E-state index in [2.05, 4.69) is 15.3 Å². The van der Waals surface area contributed by atoms with E-state index >= 15 is 0 Å². The number of hydrogen-bond acceptors (Lipinski definition) is 6. The lowest BCUT2D eigenvalue weighted by Gasteiger charge is -2.15. The second-order valence-corrected chi connectivity index (χ2v) is 7.55. The van der Waals surface area contributed by atoms with E-state index in [0.717, 1.165) is 33.5 Å². The van der Waals surface area contributed by atoms with Crippen LogP contribution in [0.4, 0.5) is 14.6 Å². The lowest BCUT2D eigenvalue weighted by Crippen LogP contribution is -2.14. The number of ether oxygens (including phenoxy) is 1. The van der Waals surface area contributed by atoms with Crippen molar-refractivity contribution in [1.82, 2.24) is 9.97 Å². The van der Waals surface area contributed by atoms with E-state index < -0.39 is 17.7 Å². The van der Waals surface area contributed by atoms with Crippen molar-refractivity contribution in [2.24, 2.45) is 0 Å². The van der Waals surface area contributed by atoms with Gasteiger partial charge in [-0.25, -0.2) is 18.7 Å². The highest BCUT2D eigenvalue weighted by atomic mass is 32.1. The Morgan fingerprint density at radius 3 is 2.63 bits per heavy atom. The molecule has 1 atom stereocenters. The average molecular weight is 427 g/mol. The molecule has 0 bridgehead atoms. The molecule has 0 saturated carbocycles. The van der Waals surface area contributed by atoms with Crippen molar-refractivity contribution in [2.45, 2.75) is 12.7 Å². The van der Waals surface area contributed by atoms with Gasteiger partial charge in [0.25, 0.3) is 0 Å². The number of anilines is 1. The van der Waals surface area contributed by atoms with E-state index in [1.807, 2.05) is 35.7 Å². The van der Waals surface area contributed by atoms with Gasteiger partial charge in [-0.2, -0.15) is 0 Å². The molecule has 4 rings (SSSR count). The number of thiophene rings is 1. The van der Waals surface area contributed by atoms with Gasteiger partial charge < -0.3 is 15.2 Å². The number of nitrogens with one attached hydrogen (secondary N) is 1. The summed E-state index contributed by atoms with van der Waals surface area (Å²) in [6.07, 6.45) is -1.05. The molecule has 0 aliphatic heterocycles. The number of fused-ring (bicyclic) bond motifs is 1. The molecule has 2 heterocycles. The van der Waals surface area contributed by atoms with Gasteiger partial charge in [0.2, 0.25) is 0 Å². The van der Waals surface area contributed by atoms with Crippen LogP contribution in [0, 0.1) is 11.6 Å². The molecule has 30 heavy (non-hydrogen) atoms. The van der Waals surface area contributed by atoms with Gasteiger partial charge in [-0.05, 0) is 23.3 Å². The SMILES string of the molecule is COCc1nc(NCC(O)c2ccc(F)c(F)c2)c2c(-c3ccccc3)csc2n1. The number of halogens is 2. The van der Waals surface area contributed by atoms with Crippen molar-refractivity contribution in [3.05, 3.63) is 76.9 Å².